The van der Waals surface area contributed by atoms with Crippen molar-refractivity contribution in [3.8, 4) is 0 Å². The predicted octanol–water partition coefficient (Wildman–Crippen LogP) is 1.81. The van der Waals surface area contributed by atoms with Crippen LogP contribution in [0.4, 0.5) is 0 Å². The molecule has 0 bridgehead atoms. The Balaban J connectivity index is 3.26. The fourth-order valence-electron chi connectivity index (χ4n) is 0.559. The van der Waals surface area contributed by atoms with E-state index in [2.05, 4.69) is 19.2 Å². The van der Waals surface area contributed by atoms with Crippen LogP contribution in [0.5, 0.6) is 0 Å². The summed E-state index contributed by atoms with van der Waals surface area (Å²) in [7, 11) is 0. The van der Waals surface area contributed by atoms with Crippen molar-refractivity contribution in [2.24, 2.45) is 0 Å². The van der Waals surface area contributed by atoms with Crippen molar-refractivity contribution >= 4 is 18.6 Å². The lowest BCUT2D eigenvalue weighted by Gasteiger charge is -2.06. The normalized spacial score (nSPS) is 12.2. The van der Waals surface area contributed by atoms with E-state index in [9.17, 15) is 4.79 Å². The van der Waals surface area contributed by atoms with Gasteiger partial charge >= 0.3 is 5.97 Å². The van der Waals surface area contributed by atoms with E-state index in [0.717, 1.165) is 12.8 Å². The van der Waals surface area contributed by atoms with Crippen molar-refractivity contribution in [1.29, 1.82) is 0 Å². The molecule has 0 spiro atoms. The first-order valence-electron chi connectivity index (χ1n) is 3.68. The molecule has 0 radical (unpaired) electrons. The van der Waals surface area contributed by atoms with Gasteiger partial charge in [0.05, 0.1) is 6.61 Å². The number of esters is 1. The summed E-state index contributed by atoms with van der Waals surface area (Å²) in [5, 5.41) is 0.326. The number of carbonyl (C=O) groups excluding carboxylic acids is 1. The molecule has 0 aliphatic rings. The molecular formula is C8H14O2S. The molecule has 0 rings (SSSR count). The number of rotatable bonds is 5. The summed E-state index contributed by atoms with van der Waals surface area (Å²) in [4.78, 5) is 10.5. The van der Waals surface area contributed by atoms with Crippen LogP contribution >= 0.6 is 12.6 Å². The third-order valence-electron chi connectivity index (χ3n) is 1.33. The van der Waals surface area contributed by atoms with Gasteiger partial charge in [0.15, 0.2) is 0 Å². The molecule has 0 saturated heterocycles. The van der Waals surface area contributed by atoms with Crippen LogP contribution in [0, 0.1) is 0 Å². The minimum atomic E-state index is -0.360. The van der Waals surface area contributed by atoms with E-state index in [0.29, 0.717) is 11.9 Å². The van der Waals surface area contributed by atoms with Crippen LogP contribution in [0.15, 0.2) is 12.7 Å². The molecule has 1 atom stereocenters. The molecule has 2 nitrogen and oxygen atoms in total. The highest BCUT2D eigenvalue weighted by Crippen LogP contribution is 2.05. The monoisotopic (exact) mass is 174 g/mol. The highest BCUT2D eigenvalue weighted by molar-refractivity contribution is 7.80. The summed E-state index contributed by atoms with van der Waals surface area (Å²) in [5.74, 6) is -0.360. The second kappa shape index (κ2) is 6.28. The fourth-order valence-corrected chi connectivity index (χ4v) is 0.664. The van der Waals surface area contributed by atoms with Crippen molar-refractivity contribution < 1.29 is 9.53 Å². The Labute approximate surface area is 73.0 Å². The lowest BCUT2D eigenvalue weighted by Crippen LogP contribution is -2.07. The smallest absolute Gasteiger partial charge is 0.330 e. The SMILES string of the molecule is C=CC(=O)OCCC(S)CC. The second-order valence-corrected chi connectivity index (χ2v) is 2.95. The van der Waals surface area contributed by atoms with Crippen LogP contribution in [0.25, 0.3) is 0 Å². The summed E-state index contributed by atoms with van der Waals surface area (Å²) in [6.45, 7) is 5.77. The van der Waals surface area contributed by atoms with Crippen LogP contribution in [-0.4, -0.2) is 17.8 Å². The summed E-state index contributed by atoms with van der Waals surface area (Å²) in [6, 6.07) is 0. The van der Waals surface area contributed by atoms with Crippen molar-refractivity contribution in [3.63, 3.8) is 0 Å². The molecule has 64 valence electrons. The Bertz CT molecular complexity index is 134. The zero-order chi connectivity index (χ0) is 8.69. The third-order valence-corrected chi connectivity index (χ3v) is 1.96. The van der Waals surface area contributed by atoms with Gasteiger partial charge in [0.25, 0.3) is 0 Å². The Kier molecular flexibility index (Phi) is 6.03. The second-order valence-electron chi connectivity index (χ2n) is 2.22. The molecule has 0 saturated carbocycles. The summed E-state index contributed by atoms with van der Waals surface area (Å²) in [5.41, 5.74) is 0. The van der Waals surface area contributed by atoms with E-state index >= 15 is 0 Å². The quantitative estimate of drug-likeness (QED) is 0.391. The lowest BCUT2D eigenvalue weighted by atomic mass is 10.2. The first-order valence-corrected chi connectivity index (χ1v) is 4.19. The Hall–Kier alpha value is -0.440. The summed E-state index contributed by atoms with van der Waals surface area (Å²) in [6.07, 6.45) is 2.97. The predicted molar refractivity (Wildman–Crippen MR) is 48.8 cm³/mol. The number of ether oxygens (including phenoxy) is 1. The van der Waals surface area contributed by atoms with E-state index < -0.39 is 0 Å². The number of carbonyl (C=O) groups is 1. The zero-order valence-corrected chi connectivity index (χ0v) is 7.64. The van der Waals surface area contributed by atoms with Gasteiger partial charge in [-0.15, -0.1) is 0 Å². The van der Waals surface area contributed by atoms with Gasteiger partial charge in [-0.05, 0) is 12.8 Å². The van der Waals surface area contributed by atoms with Gasteiger partial charge in [-0.1, -0.05) is 13.5 Å². The van der Waals surface area contributed by atoms with Crippen LogP contribution in [0.2, 0.25) is 0 Å². The van der Waals surface area contributed by atoms with Gasteiger partial charge in [0.2, 0.25) is 0 Å². The Morgan fingerprint density at radius 3 is 2.91 bits per heavy atom. The van der Waals surface area contributed by atoms with Crippen LogP contribution in [0.3, 0.4) is 0 Å². The molecule has 0 aromatic heterocycles. The molecule has 0 aromatic carbocycles. The number of thiol groups is 1. The average molecular weight is 174 g/mol. The molecule has 0 aromatic rings. The van der Waals surface area contributed by atoms with Gasteiger partial charge in [-0.3, -0.25) is 0 Å². The van der Waals surface area contributed by atoms with Crippen molar-refractivity contribution in [3.05, 3.63) is 12.7 Å². The molecule has 3 heteroatoms. The molecule has 0 N–H and O–H groups in total. The minimum Gasteiger partial charge on any atom is -0.463 e. The fraction of sp³-hybridized carbons (Fsp3) is 0.625. The van der Waals surface area contributed by atoms with Crippen molar-refractivity contribution in [2.45, 2.75) is 25.0 Å². The number of hydrogen-bond acceptors (Lipinski definition) is 3. The van der Waals surface area contributed by atoms with E-state index in [1.165, 1.54) is 6.08 Å². The Morgan fingerprint density at radius 2 is 2.45 bits per heavy atom. The molecule has 11 heavy (non-hydrogen) atoms. The maximum absolute atomic E-state index is 10.5. The average Bonchev–Trinajstić information content (AvgIpc) is 2.04. The summed E-state index contributed by atoms with van der Waals surface area (Å²) < 4.78 is 4.76. The molecule has 0 amide bonds. The first-order chi connectivity index (χ1) is 5.20. The Morgan fingerprint density at radius 1 is 1.82 bits per heavy atom. The van der Waals surface area contributed by atoms with E-state index in [1.54, 1.807) is 0 Å². The highest BCUT2D eigenvalue weighted by atomic mass is 32.1. The van der Waals surface area contributed by atoms with Gasteiger partial charge < -0.3 is 4.74 Å². The van der Waals surface area contributed by atoms with Crippen molar-refractivity contribution in [1.82, 2.24) is 0 Å². The van der Waals surface area contributed by atoms with Gasteiger partial charge in [-0.25, -0.2) is 4.79 Å². The molecule has 0 aliphatic heterocycles. The van der Waals surface area contributed by atoms with E-state index in [4.69, 9.17) is 4.74 Å². The van der Waals surface area contributed by atoms with Crippen molar-refractivity contribution in [2.75, 3.05) is 6.61 Å². The summed E-state index contributed by atoms with van der Waals surface area (Å²) >= 11 is 4.24. The largest absolute Gasteiger partial charge is 0.463 e. The zero-order valence-electron chi connectivity index (χ0n) is 6.75. The third kappa shape index (κ3) is 5.98. The topological polar surface area (TPSA) is 26.3 Å². The molecule has 0 fully saturated rings. The minimum absolute atomic E-state index is 0.326. The van der Waals surface area contributed by atoms with Gasteiger partial charge in [0, 0.05) is 11.3 Å². The van der Waals surface area contributed by atoms with Gasteiger partial charge in [-0.2, -0.15) is 12.6 Å². The highest BCUT2D eigenvalue weighted by Gasteiger charge is 2.00. The van der Waals surface area contributed by atoms with Gasteiger partial charge in [0.1, 0.15) is 0 Å². The lowest BCUT2D eigenvalue weighted by molar-refractivity contribution is -0.137. The molecular weight excluding hydrogens is 160 g/mol. The van der Waals surface area contributed by atoms with Crippen LogP contribution < -0.4 is 0 Å². The maximum Gasteiger partial charge on any atom is 0.330 e. The molecule has 0 aliphatic carbocycles. The first kappa shape index (κ1) is 10.6. The standard InChI is InChI=1S/C8H14O2S/c1-3-7(11)5-6-10-8(9)4-2/h4,7,11H,2-3,5-6H2,1H3. The van der Waals surface area contributed by atoms with E-state index in [-0.39, 0.29) is 5.97 Å². The molecule has 0 heterocycles. The number of hydrogen-bond donors (Lipinski definition) is 1. The molecule has 1 unspecified atom stereocenters. The van der Waals surface area contributed by atoms with Crippen LogP contribution in [0.1, 0.15) is 19.8 Å². The maximum atomic E-state index is 10.5. The van der Waals surface area contributed by atoms with E-state index in [1.807, 2.05) is 6.92 Å². The van der Waals surface area contributed by atoms with Crippen LogP contribution in [-0.2, 0) is 9.53 Å².